The van der Waals surface area contributed by atoms with Gasteiger partial charge in [0, 0.05) is 0 Å². The maximum atomic E-state index is 5.26. The second-order valence-corrected chi connectivity index (χ2v) is 5.84. The maximum Gasteiger partial charge on any atom is 0.118 e. The summed E-state index contributed by atoms with van der Waals surface area (Å²) >= 11 is 0. The average molecular weight is 310 g/mol. The summed E-state index contributed by atoms with van der Waals surface area (Å²) in [5.74, 6) is 0.875. The number of rotatable bonds is 2. The Hall–Kier alpha value is -3.06. The third kappa shape index (κ3) is 2.65. The zero-order chi connectivity index (χ0) is 16.4. The number of hydrogen-bond acceptors (Lipinski definition) is 1. The first kappa shape index (κ1) is 14.5. The average Bonchev–Trinajstić information content (AvgIpc) is 2.80. The van der Waals surface area contributed by atoms with Crippen molar-refractivity contribution in [3.05, 3.63) is 101 Å². The van der Waals surface area contributed by atoms with Crippen molar-refractivity contribution in [2.75, 3.05) is 7.11 Å². The van der Waals surface area contributed by atoms with Crippen molar-refractivity contribution < 1.29 is 4.74 Å². The summed E-state index contributed by atoms with van der Waals surface area (Å²) < 4.78 is 5.26. The van der Waals surface area contributed by atoms with Gasteiger partial charge in [-0.15, -0.1) is 0 Å². The maximum absolute atomic E-state index is 5.26. The fourth-order valence-electron chi connectivity index (χ4n) is 3.12. The molecule has 1 nitrogen and oxygen atoms in total. The van der Waals surface area contributed by atoms with E-state index >= 15 is 0 Å². The molecule has 0 radical (unpaired) electrons. The fraction of sp³-hybridized carbons (Fsp3) is 0.0435. The molecule has 0 N–H and O–H groups in total. The standard InChI is InChI=1S/C23H18O/c1-24-20-14-10-17(11-15-20)16-23-21-8-4-2-6-18(21)12-13-19-7-3-5-9-22(19)23/h2-16H,1H3. The van der Waals surface area contributed by atoms with Crippen LogP contribution in [0.1, 0.15) is 27.8 Å². The first-order valence-corrected chi connectivity index (χ1v) is 8.08. The molecule has 0 bridgehead atoms. The van der Waals surface area contributed by atoms with Gasteiger partial charge in [0.25, 0.3) is 0 Å². The first-order chi connectivity index (χ1) is 11.8. The molecule has 0 saturated heterocycles. The Labute approximate surface area is 142 Å². The Balaban J connectivity index is 1.92. The van der Waals surface area contributed by atoms with Gasteiger partial charge in [0.15, 0.2) is 0 Å². The minimum atomic E-state index is 0.875. The Bertz CT molecular complexity index is 879. The molecule has 0 amide bonds. The minimum absolute atomic E-state index is 0.875. The quantitative estimate of drug-likeness (QED) is 0.457. The van der Waals surface area contributed by atoms with Crippen LogP contribution < -0.4 is 4.74 Å². The van der Waals surface area contributed by atoms with Gasteiger partial charge in [-0.05, 0) is 51.6 Å². The van der Waals surface area contributed by atoms with Crippen LogP contribution in [0.4, 0.5) is 0 Å². The molecule has 0 aromatic heterocycles. The van der Waals surface area contributed by atoms with Gasteiger partial charge in [0.2, 0.25) is 0 Å². The molecule has 0 unspecified atom stereocenters. The number of methoxy groups -OCH3 is 1. The minimum Gasteiger partial charge on any atom is -0.497 e. The van der Waals surface area contributed by atoms with Crippen LogP contribution in [-0.4, -0.2) is 7.11 Å². The molecule has 4 rings (SSSR count). The van der Waals surface area contributed by atoms with E-state index in [1.165, 1.54) is 27.8 Å². The molecule has 0 saturated carbocycles. The van der Waals surface area contributed by atoms with Crippen LogP contribution in [0.2, 0.25) is 0 Å². The van der Waals surface area contributed by atoms with Crippen molar-refractivity contribution >= 4 is 23.8 Å². The second-order valence-electron chi connectivity index (χ2n) is 5.84. The molecule has 0 heterocycles. The van der Waals surface area contributed by atoms with Crippen LogP contribution in [0.25, 0.3) is 23.8 Å². The number of fused-ring (bicyclic) bond motifs is 2. The predicted molar refractivity (Wildman–Crippen MR) is 102 cm³/mol. The van der Waals surface area contributed by atoms with Gasteiger partial charge in [-0.3, -0.25) is 0 Å². The molecular formula is C23H18O. The van der Waals surface area contributed by atoms with Gasteiger partial charge >= 0.3 is 0 Å². The summed E-state index contributed by atoms with van der Waals surface area (Å²) in [7, 11) is 1.69. The van der Waals surface area contributed by atoms with E-state index in [0.29, 0.717) is 0 Å². The van der Waals surface area contributed by atoms with Crippen LogP contribution >= 0.6 is 0 Å². The number of ether oxygens (including phenoxy) is 1. The molecule has 1 aliphatic carbocycles. The smallest absolute Gasteiger partial charge is 0.118 e. The third-order valence-electron chi connectivity index (χ3n) is 4.37. The van der Waals surface area contributed by atoms with Gasteiger partial charge in [-0.2, -0.15) is 0 Å². The monoisotopic (exact) mass is 310 g/mol. The summed E-state index contributed by atoms with van der Waals surface area (Å²) in [6.07, 6.45) is 6.65. The number of hydrogen-bond donors (Lipinski definition) is 0. The van der Waals surface area contributed by atoms with E-state index < -0.39 is 0 Å². The Morgan fingerprint density at radius 1 is 0.667 bits per heavy atom. The highest BCUT2D eigenvalue weighted by molar-refractivity contribution is 5.99. The molecule has 0 aliphatic heterocycles. The van der Waals surface area contributed by atoms with Gasteiger partial charge in [-0.1, -0.05) is 72.8 Å². The molecule has 0 spiro atoms. The van der Waals surface area contributed by atoms with E-state index in [4.69, 9.17) is 4.74 Å². The van der Waals surface area contributed by atoms with E-state index in [1.807, 2.05) is 12.1 Å². The second kappa shape index (κ2) is 6.21. The zero-order valence-electron chi connectivity index (χ0n) is 13.6. The molecule has 3 aromatic carbocycles. The molecule has 3 aromatic rings. The third-order valence-corrected chi connectivity index (χ3v) is 4.37. The lowest BCUT2D eigenvalue weighted by Crippen LogP contribution is -1.92. The van der Waals surface area contributed by atoms with Crippen LogP contribution in [0.5, 0.6) is 5.75 Å². The molecule has 1 aliphatic rings. The number of benzene rings is 3. The Morgan fingerprint density at radius 2 is 1.21 bits per heavy atom. The highest BCUT2D eigenvalue weighted by Gasteiger charge is 2.14. The Morgan fingerprint density at radius 3 is 1.75 bits per heavy atom. The highest BCUT2D eigenvalue weighted by Crippen LogP contribution is 2.35. The molecule has 0 fully saturated rings. The van der Waals surface area contributed by atoms with Crippen molar-refractivity contribution in [2.24, 2.45) is 0 Å². The van der Waals surface area contributed by atoms with E-state index in [0.717, 1.165) is 11.3 Å². The van der Waals surface area contributed by atoms with E-state index in [2.05, 4.69) is 78.9 Å². The molecule has 24 heavy (non-hydrogen) atoms. The van der Waals surface area contributed by atoms with E-state index in [-0.39, 0.29) is 0 Å². The summed E-state index contributed by atoms with van der Waals surface area (Å²) in [5, 5.41) is 0. The van der Waals surface area contributed by atoms with Crippen LogP contribution in [0, 0.1) is 0 Å². The topological polar surface area (TPSA) is 9.23 Å². The van der Waals surface area contributed by atoms with Crippen molar-refractivity contribution in [1.29, 1.82) is 0 Å². The largest absolute Gasteiger partial charge is 0.497 e. The summed E-state index contributed by atoms with van der Waals surface area (Å²) in [6, 6.07) is 25.3. The van der Waals surface area contributed by atoms with Crippen LogP contribution in [-0.2, 0) is 0 Å². The first-order valence-electron chi connectivity index (χ1n) is 8.08. The highest BCUT2D eigenvalue weighted by atomic mass is 16.5. The Kier molecular flexibility index (Phi) is 3.76. The molecule has 1 heteroatoms. The van der Waals surface area contributed by atoms with Crippen molar-refractivity contribution in [1.82, 2.24) is 0 Å². The van der Waals surface area contributed by atoms with Crippen LogP contribution in [0.15, 0.2) is 72.8 Å². The van der Waals surface area contributed by atoms with E-state index in [1.54, 1.807) is 7.11 Å². The summed E-state index contributed by atoms with van der Waals surface area (Å²) in [6.45, 7) is 0. The van der Waals surface area contributed by atoms with Crippen molar-refractivity contribution in [3.63, 3.8) is 0 Å². The lowest BCUT2D eigenvalue weighted by Gasteiger charge is -2.12. The van der Waals surface area contributed by atoms with Gasteiger partial charge in [-0.25, -0.2) is 0 Å². The summed E-state index contributed by atoms with van der Waals surface area (Å²) in [4.78, 5) is 0. The lowest BCUT2D eigenvalue weighted by atomic mass is 9.92. The van der Waals surface area contributed by atoms with Crippen LogP contribution in [0.3, 0.4) is 0 Å². The molecular weight excluding hydrogens is 292 g/mol. The fourth-order valence-corrected chi connectivity index (χ4v) is 3.12. The van der Waals surface area contributed by atoms with Crippen molar-refractivity contribution in [2.45, 2.75) is 0 Å². The van der Waals surface area contributed by atoms with Gasteiger partial charge < -0.3 is 4.74 Å². The van der Waals surface area contributed by atoms with Gasteiger partial charge in [0.1, 0.15) is 5.75 Å². The van der Waals surface area contributed by atoms with Gasteiger partial charge in [0.05, 0.1) is 7.11 Å². The van der Waals surface area contributed by atoms with Crippen molar-refractivity contribution in [3.8, 4) is 5.75 Å². The molecule has 0 atom stereocenters. The SMILES string of the molecule is COc1ccc(C=C2c3ccccc3C=Cc3ccccc32)cc1. The predicted octanol–water partition coefficient (Wildman–Crippen LogP) is 5.77. The zero-order valence-corrected chi connectivity index (χ0v) is 13.6. The summed E-state index contributed by atoms with van der Waals surface area (Å²) in [5.41, 5.74) is 7.42. The van der Waals surface area contributed by atoms with E-state index in [9.17, 15) is 0 Å². The normalized spacial score (nSPS) is 12.1. The lowest BCUT2D eigenvalue weighted by molar-refractivity contribution is 0.415. The molecule has 116 valence electrons.